The van der Waals surface area contributed by atoms with E-state index in [1.54, 1.807) is 0 Å². The van der Waals surface area contributed by atoms with Gasteiger partial charge in [0.25, 0.3) is 0 Å². The molecule has 0 spiro atoms. The number of hydrogen-bond donors (Lipinski definition) is 1. The minimum Gasteiger partial charge on any atom is -0.326 e. The van der Waals surface area contributed by atoms with Gasteiger partial charge in [-0.1, -0.05) is 0 Å². The molecule has 0 amide bonds. The summed E-state index contributed by atoms with van der Waals surface area (Å²) in [7, 11) is 1.99. The van der Waals surface area contributed by atoms with Crippen molar-refractivity contribution in [3.63, 3.8) is 0 Å². The van der Waals surface area contributed by atoms with Crippen LogP contribution in [0.25, 0.3) is 0 Å². The number of nitrogens with zero attached hydrogens (tertiary/aromatic N) is 3. The molecule has 2 rings (SSSR count). The van der Waals surface area contributed by atoms with Crippen molar-refractivity contribution < 1.29 is 0 Å². The topological polar surface area (TPSA) is 47.1 Å². The zero-order valence-electron chi connectivity index (χ0n) is 8.74. The fourth-order valence-electron chi connectivity index (χ4n) is 2.04. The van der Waals surface area contributed by atoms with E-state index in [1.807, 2.05) is 17.9 Å². The Morgan fingerprint density at radius 3 is 2.79 bits per heavy atom. The molecule has 0 unspecified atom stereocenters. The Labute approximate surface area is 84.7 Å². The van der Waals surface area contributed by atoms with Gasteiger partial charge in [0.15, 0.2) is 0 Å². The van der Waals surface area contributed by atoms with Crippen molar-refractivity contribution in [2.45, 2.75) is 25.9 Å². The number of likely N-dealkylation sites (tertiary alicyclic amines) is 1. The van der Waals surface area contributed by atoms with Gasteiger partial charge in [-0.15, -0.1) is 0 Å². The average molecular weight is 194 g/mol. The smallest absolute Gasteiger partial charge is 0.0565 e. The number of aryl methyl sites for hydroxylation is 1. The zero-order chi connectivity index (χ0) is 9.97. The number of aromatic nitrogens is 2. The number of rotatable bonds is 3. The van der Waals surface area contributed by atoms with Crippen molar-refractivity contribution in [2.24, 2.45) is 12.8 Å². The lowest BCUT2D eigenvalue weighted by Gasteiger charge is -2.15. The van der Waals surface area contributed by atoms with Crippen LogP contribution in [0.5, 0.6) is 0 Å². The van der Waals surface area contributed by atoms with Gasteiger partial charge in [0.1, 0.15) is 0 Å². The Bertz CT molecular complexity index is 299. The predicted molar refractivity (Wildman–Crippen MR) is 55.6 cm³/mol. The van der Waals surface area contributed by atoms with Gasteiger partial charge >= 0.3 is 0 Å². The highest BCUT2D eigenvalue weighted by Gasteiger charge is 2.15. The molecule has 78 valence electrons. The van der Waals surface area contributed by atoms with Gasteiger partial charge in [-0.05, 0) is 25.9 Å². The molecule has 0 atom stereocenters. The maximum Gasteiger partial charge on any atom is 0.0565 e. The standard InChI is InChI=1S/C10H18N4/c1-13-10(9(6-11)7-12-13)8-14-4-2-3-5-14/h7H,2-6,8,11H2,1H3. The summed E-state index contributed by atoms with van der Waals surface area (Å²) in [4.78, 5) is 2.47. The molecular weight excluding hydrogens is 176 g/mol. The van der Waals surface area contributed by atoms with E-state index in [9.17, 15) is 0 Å². The summed E-state index contributed by atoms with van der Waals surface area (Å²) in [6.45, 7) is 4.03. The van der Waals surface area contributed by atoms with Crippen molar-refractivity contribution in [2.75, 3.05) is 13.1 Å². The van der Waals surface area contributed by atoms with Gasteiger partial charge in [0.05, 0.1) is 11.9 Å². The fraction of sp³-hybridized carbons (Fsp3) is 0.700. The van der Waals surface area contributed by atoms with Crippen LogP contribution < -0.4 is 5.73 Å². The van der Waals surface area contributed by atoms with Crippen molar-refractivity contribution in [3.05, 3.63) is 17.5 Å². The molecule has 1 aromatic heterocycles. The Kier molecular flexibility index (Phi) is 2.84. The molecule has 14 heavy (non-hydrogen) atoms. The van der Waals surface area contributed by atoms with E-state index in [2.05, 4.69) is 10.00 Å². The summed E-state index contributed by atoms with van der Waals surface area (Å²) in [5.41, 5.74) is 8.12. The lowest BCUT2D eigenvalue weighted by molar-refractivity contribution is 0.320. The Morgan fingerprint density at radius 1 is 1.43 bits per heavy atom. The third-order valence-corrected chi connectivity index (χ3v) is 2.94. The fourth-order valence-corrected chi connectivity index (χ4v) is 2.04. The highest BCUT2D eigenvalue weighted by Crippen LogP contribution is 2.14. The molecule has 4 heteroatoms. The van der Waals surface area contributed by atoms with E-state index in [0.717, 1.165) is 6.54 Å². The molecule has 0 saturated carbocycles. The van der Waals surface area contributed by atoms with Crippen LogP contribution in [0.2, 0.25) is 0 Å². The van der Waals surface area contributed by atoms with Gasteiger partial charge < -0.3 is 5.73 Å². The lowest BCUT2D eigenvalue weighted by atomic mass is 10.2. The molecule has 1 aromatic rings. The third kappa shape index (κ3) is 1.81. The lowest BCUT2D eigenvalue weighted by Crippen LogP contribution is -2.21. The van der Waals surface area contributed by atoms with Crippen LogP contribution in [0.15, 0.2) is 6.20 Å². The van der Waals surface area contributed by atoms with E-state index < -0.39 is 0 Å². The summed E-state index contributed by atoms with van der Waals surface area (Å²) < 4.78 is 1.94. The van der Waals surface area contributed by atoms with E-state index >= 15 is 0 Å². The maximum absolute atomic E-state index is 5.67. The van der Waals surface area contributed by atoms with E-state index in [4.69, 9.17) is 5.73 Å². The van der Waals surface area contributed by atoms with E-state index in [1.165, 1.54) is 37.2 Å². The molecule has 0 radical (unpaired) electrons. The molecule has 1 saturated heterocycles. The number of nitrogens with two attached hydrogens (primary N) is 1. The molecule has 2 N–H and O–H groups in total. The Balaban J connectivity index is 2.09. The second kappa shape index (κ2) is 4.11. The van der Waals surface area contributed by atoms with Gasteiger partial charge in [-0.2, -0.15) is 5.10 Å². The average Bonchev–Trinajstić information content (AvgIpc) is 2.79. The molecular formula is C10H18N4. The first-order chi connectivity index (χ1) is 6.81. The highest BCUT2D eigenvalue weighted by atomic mass is 15.3. The van der Waals surface area contributed by atoms with Crippen LogP contribution in [0.4, 0.5) is 0 Å². The second-order valence-corrected chi connectivity index (χ2v) is 3.93. The zero-order valence-corrected chi connectivity index (χ0v) is 8.74. The van der Waals surface area contributed by atoms with Crippen LogP contribution in [0.3, 0.4) is 0 Å². The molecule has 0 bridgehead atoms. The van der Waals surface area contributed by atoms with Crippen molar-refractivity contribution >= 4 is 0 Å². The Morgan fingerprint density at radius 2 is 2.14 bits per heavy atom. The Hall–Kier alpha value is -0.870. The van der Waals surface area contributed by atoms with Crippen molar-refractivity contribution in [3.8, 4) is 0 Å². The predicted octanol–water partition coefficient (Wildman–Crippen LogP) is 0.475. The van der Waals surface area contributed by atoms with E-state index in [0.29, 0.717) is 6.54 Å². The third-order valence-electron chi connectivity index (χ3n) is 2.94. The SMILES string of the molecule is Cn1ncc(CN)c1CN1CCCC1. The first kappa shape index (κ1) is 9.68. The van der Waals surface area contributed by atoms with Crippen LogP contribution in [0.1, 0.15) is 24.1 Å². The summed E-state index contributed by atoms with van der Waals surface area (Å²) in [6.07, 6.45) is 4.54. The van der Waals surface area contributed by atoms with Crippen LogP contribution >= 0.6 is 0 Å². The highest BCUT2D eigenvalue weighted by molar-refractivity contribution is 5.17. The minimum atomic E-state index is 0.594. The van der Waals surface area contributed by atoms with Gasteiger partial charge in [0.2, 0.25) is 0 Å². The quantitative estimate of drug-likeness (QED) is 0.761. The molecule has 0 aliphatic carbocycles. The molecule has 1 aliphatic rings. The number of hydrogen-bond acceptors (Lipinski definition) is 3. The molecule has 1 fully saturated rings. The maximum atomic E-state index is 5.67. The summed E-state index contributed by atoms with van der Waals surface area (Å²) in [5.74, 6) is 0. The molecule has 0 aromatic carbocycles. The van der Waals surface area contributed by atoms with Gasteiger partial charge in [-0.3, -0.25) is 9.58 Å². The van der Waals surface area contributed by atoms with Crippen LogP contribution in [0, 0.1) is 0 Å². The van der Waals surface area contributed by atoms with Gasteiger partial charge in [-0.25, -0.2) is 0 Å². The summed E-state index contributed by atoms with van der Waals surface area (Å²) >= 11 is 0. The summed E-state index contributed by atoms with van der Waals surface area (Å²) in [5, 5.41) is 4.24. The monoisotopic (exact) mass is 194 g/mol. The second-order valence-electron chi connectivity index (χ2n) is 3.93. The minimum absolute atomic E-state index is 0.594. The largest absolute Gasteiger partial charge is 0.326 e. The first-order valence-electron chi connectivity index (χ1n) is 5.23. The molecule has 1 aliphatic heterocycles. The van der Waals surface area contributed by atoms with E-state index in [-0.39, 0.29) is 0 Å². The normalized spacial score (nSPS) is 17.9. The van der Waals surface area contributed by atoms with Crippen molar-refractivity contribution in [1.82, 2.24) is 14.7 Å². The van der Waals surface area contributed by atoms with Crippen LogP contribution in [-0.2, 0) is 20.1 Å². The summed E-state index contributed by atoms with van der Waals surface area (Å²) in [6, 6.07) is 0. The van der Waals surface area contributed by atoms with Crippen molar-refractivity contribution in [1.29, 1.82) is 0 Å². The van der Waals surface area contributed by atoms with Gasteiger partial charge in [0, 0.05) is 25.7 Å². The molecule has 2 heterocycles. The van der Waals surface area contributed by atoms with Crippen LogP contribution in [-0.4, -0.2) is 27.8 Å². The molecule has 4 nitrogen and oxygen atoms in total. The first-order valence-corrected chi connectivity index (χ1v) is 5.23.